The molecule has 2 atom stereocenters. The van der Waals surface area contributed by atoms with Crippen LogP contribution in [0.25, 0.3) is 0 Å². The number of hydrogen-bond donors (Lipinski definition) is 1. The number of carbonyl (C=O) groups is 1. The summed E-state index contributed by atoms with van der Waals surface area (Å²) in [6.07, 6.45) is 2.17. The number of halogens is 4. The standard InChI is InChI=1S/C22H18F4N4O2/c1-30-19(31)21(29-20(30)27,14-7-9-16(10-8-14)32-22(24,25)26)15-5-2-4-13(12-15)17-6-3-11-28-18(17)23/h2-3,5-13H,4H2,1H3,(H2,27,29)/t13?,21-/m1/s1. The number of rotatable bonds is 4. The quantitative estimate of drug-likeness (QED) is 0.573. The lowest BCUT2D eigenvalue weighted by atomic mass is 9.77. The first-order valence-corrected chi connectivity index (χ1v) is 9.61. The Bertz CT molecular complexity index is 1140. The average molecular weight is 446 g/mol. The van der Waals surface area contributed by atoms with E-state index in [-0.39, 0.29) is 5.96 Å². The highest BCUT2D eigenvalue weighted by Crippen LogP contribution is 2.44. The lowest BCUT2D eigenvalue weighted by Gasteiger charge is -2.30. The second-order valence-corrected chi connectivity index (χ2v) is 7.37. The summed E-state index contributed by atoms with van der Waals surface area (Å²) in [7, 11) is 1.45. The first-order valence-electron chi connectivity index (χ1n) is 9.61. The van der Waals surface area contributed by atoms with Crippen molar-refractivity contribution in [3.05, 3.63) is 83.5 Å². The fraction of sp³-hybridized carbons (Fsp3) is 0.227. The molecule has 2 aliphatic rings. The van der Waals surface area contributed by atoms with Gasteiger partial charge in [-0.05, 0) is 35.8 Å². The molecular weight excluding hydrogens is 428 g/mol. The molecule has 2 heterocycles. The number of hydrogen-bond acceptors (Lipinski definition) is 5. The first kappa shape index (κ1) is 21.5. The molecule has 0 spiro atoms. The predicted molar refractivity (Wildman–Crippen MR) is 108 cm³/mol. The van der Waals surface area contributed by atoms with E-state index in [1.54, 1.807) is 30.4 Å². The Morgan fingerprint density at radius 3 is 2.53 bits per heavy atom. The molecule has 2 N–H and O–H groups in total. The summed E-state index contributed by atoms with van der Waals surface area (Å²) >= 11 is 0. The van der Waals surface area contributed by atoms with E-state index in [2.05, 4.69) is 14.7 Å². The maximum absolute atomic E-state index is 14.3. The van der Waals surface area contributed by atoms with Crippen LogP contribution in [0.1, 0.15) is 23.5 Å². The van der Waals surface area contributed by atoms with Crippen LogP contribution in [0.2, 0.25) is 0 Å². The predicted octanol–water partition coefficient (Wildman–Crippen LogP) is 3.77. The van der Waals surface area contributed by atoms with Crippen molar-refractivity contribution in [2.75, 3.05) is 7.05 Å². The molecule has 0 fully saturated rings. The van der Waals surface area contributed by atoms with Crippen LogP contribution in [0.3, 0.4) is 0 Å². The molecule has 1 unspecified atom stereocenters. The van der Waals surface area contributed by atoms with Gasteiger partial charge in [-0.3, -0.25) is 9.69 Å². The summed E-state index contributed by atoms with van der Waals surface area (Å²) in [6, 6.07) is 8.09. The van der Waals surface area contributed by atoms with Crippen molar-refractivity contribution in [3.8, 4) is 5.75 Å². The van der Waals surface area contributed by atoms with Gasteiger partial charge in [-0.15, -0.1) is 13.2 Å². The smallest absolute Gasteiger partial charge is 0.406 e. The van der Waals surface area contributed by atoms with Gasteiger partial charge in [0.05, 0.1) is 0 Å². The third-order valence-electron chi connectivity index (χ3n) is 5.42. The third-order valence-corrected chi connectivity index (χ3v) is 5.42. The summed E-state index contributed by atoms with van der Waals surface area (Å²) < 4.78 is 55.8. The van der Waals surface area contributed by atoms with E-state index < -0.39 is 35.4 Å². The zero-order valence-electron chi connectivity index (χ0n) is 16.8. The molecule has 4 rings (SSSR count). The Hall–Kier alpha value is -3.69. The molecule has 2 aromatic rings. The van der Waals surface area contributed by atoms with Crippen LogP contribution >= 0.6 is 0 Å². The van der Waals surface area contributed by atoms with E-state index in [9.17, 15) is 22.4 Å². The van der Waals surface area contributed by atoms with Crippen LogP contribution in [0.4, 0.5) is 17.6 Å². The SMILES string of the molecule is CN1C(=O)[C@](C2=CC(c3cccnc3F)CC=C2)(c2ccc(OC(F)(F)F)cc2)N=C1N. The minimum atomic E-state index is -4.85. The number of guanidine groups is 1. The van der Waals surface area contributed by atoms with Gasteiger partial charge in [0.1, 0.15) is 5.75 Å². The van der Waals surface area contributed by atoms with E-state index in [1.165, 1.54) is 30.3 Å². The number of aromatic nitrogens is 1. The molecule has 166 valence electrons. The van der Waals surface area contributed by atoms with E-state index in [0.717, 1.165) is 12.1 Å². The Kier molecular flexibility index (Phi) is 5.23. The van der Waals surface area contributed by atoms with Gasteiger partial charge in [-0.1, -0.05) is 36.4 Å². The molecule has 1 amide bonds. The van der Waals surface area contributed by atoms with Crippen molar-refractivity contribution in [1.29, 1.82) is 0 Å². The van der Waals surface area contributed by atoms with E-state index in [0.29, 0.717) is 23.1 Å². The van der Waals surface area contributed by atoms with Gasteiger partial charge < -0.3 is 10.5 Å². The second-order valence-electron chi connectivity index (χ2n) is 7.37. The number of carbonyl (C=O) groups excluding carboxylic acids is 1. The number of alkyl halides is 3. The topological polar surface area (TPSA) is 80.8 Å². The molecule has 32 heavy (non-hydrogen) atoms. The van der Waals surface area contributed by atoms with Gasteiger partial charge in [0.25, 0.3) is 5.91 Å². The average Bonchev–Trinajstić information content (AvgIpc) is 2.98. The van der Waals surface area contributed by atoms with Crippen LogP contribution in [0.5, 0.6) is 5.75 Å². The molecular formula is C22H18F4N4O2. The number of likely N-dealkylation sites (N-methyl/N-ethyl adjacent to an activating group) is 1. The van der Waals surface area contributed by atoms with Crippen LogP contribution in [0.15, 0.2) is 71.4 Å². The van der Waals surface area contributed by atoms with Gasteiger partial charge >= 0.3 is 6.36 Å². The number of nitrogens with zero attached hydrogens (tertiary/aromatic N) is 3. The zero-order valence-corrected chi connectivity index (χ0v) is 16.8. The van der Waals surface area contributed by atoms with Gasteiger partial charge in [0.2, 0.25) is 5.95 Å². The molecule has 1 aromatic heterocycles. The van der Waals surface area contributed by atoms with Gasteiger partial charge in [0, 0.05) is 24.7 Å². The lowest BCUT2D eigenvalue weighted by molar-refractivity contribution is -0.274. The largest absolute Gasteiger partial charge is 0.573 e. The van der Waals surface area contributed by atoms with Crippen molar-refractivity contribution >= 4 is 11.9 Å². The van der Waals surface area contributed by atoms with Gasteiger partial charge in [-0.25, -0.2) is 9.98 Å². The molecule has 6 nitrogen and oxygen atoms in total. The Labute approximate surface area is 180 Å². The normalized spacial score (nSPS) is 23.2. The maximum atomic E-state index is 14.3. The number of benzene rings is 1. The number of nitrogens with two attached hydrogens (primary N) is 1. The minimum absolute atomic E-state index is 0.0467. The molecule has 10 heteroatoms. The van der Waals surface area contributed by atoms with E-state index in [4.69, 9.17) is 5.73 Å². The van der Waals surface area contributed by atoms with E-state index in [1.807, 2.05) is 0 Å². The number of aliphatic imine (C=N–C) groups is 1. The van der Waals surface area contributed by atoms with Crippen molar-refractivity contribution in [3.63, 3.8) is 0 Å². The van der Waals surface area contributed by atoms with Crippen LogP contribution in [0, 0.1) is 5.95 Å². The number of allylic oxidation sites excluding steroid dienone is 2. The highest BCUT2D eigenvalue weighted by atomic mass is 19.4. The molecule has 0 saturated carbocycles. The van der Waals surface area contributed by atoms with E-state index >= 15 is 0 Å². The molecule has 0 bridgehead atoms. The first-order chi connectivity index (χ1) is 15.1. The third kappa shape index (κ3) is 3.72. The number of amides is 1. The summed E-state index contributed by atoms with van der Waals surface area (Å²) in [4.78, 5) is 22.6. The summed E-state index contributed by atoms with van der Waals surface area (Å²) in [5.41, 5.74) is 5.39. The fourth-order valence-electron chi connectivity index (χ4n) is 3.90. The van der Waals surface area contributed by atoms with Crippen molar-refractivity contribution in [2.24, 2.45) is 10.7 Å². The van der Waals surface area contributed by atoms with Crippen molar-refractivity contribution in [2.45, 2.75) is 24.2 Å². The monoisotopic (exact) mass is 446 g/mol. The molecule has 1 aliphatic heterocycles. The maximum Gasteiger partial charge on any atom is 0.573 e. The molecule has 1 aromatic carbocycles. The summed E-state index contributed by atoms with van der Waals surface area (Å²) in [6.45, 7) is 0. The summed E-state index contributed by atoms with van der Waals surface area (Å²) in [5.74, 6) is -2.00. The highest BCUT2D eigenvalue weighted by Gasteiger charge is 2.50. The van der Waals surface area contributed by atoms with Gasteiger partial charge in [0.15, 0.2) is 11.5 Å². The molecule has 1 aliphatic carbocycles. The minimum Gasteiger partial charge on any atom is -0.406 e. The van der Waals surface area contributed by atoms with Crippen molar-refractivity contribution < 1.29 is 27.1 Å². The fourth-order valence-corrected chi connectivity index (χ4v) is 3.90. The zero-order chi connectivity index (χ0) is 23.1. The Balaban J connectivity index is 1.81. The molecule has 0 saturated heterocycles. The Morgan fingerprint density at radius 2 is 1.94 bits per heavy atom. The second kappa shape index (κ2) is 7.77. The van der Waals surface area contributed by atoms with Gasteiger partial charge in [-0.2, -0.15) is 4.39 Å². The summed E-state index contributed by atoms with van der Waals surface area (Å²) in [5, 5.41) is 0. The van der Waals surface area contributed by atoms with Crippen LogP contribution < -0.4 is 10.5 Å². The number of ether oxygens (including phenoxy) is 1. The highest BCUT2D eigenvalue weighted by molar-refractivity contribution is 6.09. The van der Waals surface area contributed by atoms with Crippen LogP contribution in [-0.4, -0.2) is 35.2 Å². The lowest BCUT2D eigenvalue weighted by Crippen LogP contribution is -2.41. The molecule has 0 radical (unpaired) electrons. The number of pyridine rings is 1. The van der Waals surface area contributed by atoms with Crippen LogP contribution in [-0.2, 0) is 10.3 Å². The Morgan fingerprint density at radius 1 is 1.22 bits per heavy atom. The van der Waals surface area contributed by atoms with Crippen molar-refractivity contribution in [1.82, 2.24) is 9.88 Å².